The maximum Gasteiger partial charge on any atom is 0.340 e. The van der Waals surface area contributed by atoms with Gasteiger partial charge in [0.25, 0.3) is 5.91 Å². The Morgan fingerprint density at radius 3 is 2.58 bits per heavy atom. The molecule has 0 aliphatic rings. The summed E-state index contributed by atoms with van der Waals surface area (Å²) in [5.74, 6) is -0.301. The van der Waals surface area contributed by atoms with Gasteiger partial charge < -0.3 is 14.0 Å². The molecular formula is C23H24ClN3O4. The molecule has 0 saturated carbocycles. The zero-order chi connectivity index (χ0) is 22.4. The zero-order valence-corrected chi connectivity index (χ0v) is 18.4. The van der Waals surface area contributed by atoms with E-state index in [0.29, 0.717) is 22.9 Å². The average molecular weight is 442 g/mol. The Labute approximate surface area is 185 Å². The molecule has 3 aromatic rings. The van der Waals surface area contributed by atoms with E-state index in [-0.39, 0.29) is 12.6 Å². The Kier molecular flexibility index (Phi) is 7.31. The smallest absolute Gasteiger partial charge is 0.340 e. The summed E-state index contributed by atoms with van der Waals surface area (Å²) in [4.78, 5) is 24.5. The van der Waals surface area contributed by atoms with Crippen LogP contribution in [0.4, 0.5) is 0 Å². The first-order valence-corrected chi connectivity index (χ1v) is 10.3. The number of esters is 1. The monoisotopic (exact) mass is 441 g/mol. The summed E-state index contributed by atoms with van der Waals surface area (Å²) < 4.78 is 12.9. The minimum Gasteiger partial charge on any atom is -0.484 e. The van der Waals surface area contributed by atoms with Crippen molar-refractivity contribution in [3.8, 4) is 5.75 Å². The van der Waals surface area contributed by atoms with Crippen LogP contribution >= 0.6 is 11.6 Å². The van der Waals surface area contributed by atoms with Crippen LogP contribution in [0.25, 0.3) is 10.9 Å². The Morgan fingerprint density at radius 2 is 1.90 bits per heavy atom. The molecule has 0 bridgehead atoms. The third kappa shape index (κ3) is 5.24. The molecule has 162 valence electrons. The van der Waals surface area contributed by atoms with E-state index in [1.807, 2.05) is 24.5 Å². The number of nitrogens with zero attached hydrogens (tertiary/aromatic N) is 2. The number of carbonyl (C=O) groups excluding carboxylic acids is 2. The predicted octanol–water partition coefficient (Wildman–Crippen LogP) is 4.33. The summed E-state index contributed by atoms with van der Waals surface area (Å²) in [6.45, 7) is 6.48. The van der Waals surface area contributed by atoms with Crippen LogP contribution in [-0.2, 0) is 16.1 Å². The van der Waals surface area contributed by atoms with E-state index in [1.54, 1.807) is 43.3 Å². The Hall–Kier alpha value is -3.32. The lowest BCUT2D eigenvalue weighted by Crippen LogP contribution is -2.24. The summed E-state index contributed by atoms with van der Waals surface area (Å²) in [7, 11) is 0. The van der Waals surface area contributed by atoms with Crippen molar-refractivity contribution in [1.82, 2.24) is 9.99 Å². The fraction of sp³-hybridized carbons (Fsp3) is 0.261. The summed E-state index contributed by atoms with van der Waals surface area (Å²) >= 11 is 5.84. The van der Waals surface area contributed by atoms with Crippen molar-refractivity contribution >= 4 is 40.6 Å². The van der Waals surface area contributed by atoms with Gasteiger partial charge in [-0.05, 0) is 56.7 Å². The highest BCUT2D eigenvalue weighted by atomic mass is 35.5. The van der Waals surface area contributed by atoms with Gasteiger partial charge in [-0.1, -0.05) is 23.7 Å². The molecule has 0 unspecified atom stereocenters. The number of fused-ring (bicyclic) bond motifs is 1. The standard InChI is InChI=1S/C23H24ClN3O4/c1-4-27-15(3)22(23(29)30-5-2)19-12-18(10-11-20(19)27)31-14-21(28)26-25-13-16-6-8-17(24)9-7-16/h6-13H,4-5,14H2,1-3H3,(H,26,28). The number of nitrogens with one attached hydrogen (secondary N) is 1. The van der Waals surface area contributed by atoms with Crippen LogP contribution in [0.3, 0.4) is 0 Å². The van der Waals surface area contributed by atoms with E-state index in [9.17, 15) is 9.59 Å². The van der Waals surface area contributed by atoms with E-state index < -0.39 is 5.91 Å². The number of hydrogen-bond acceptors (Lipinski definition) is 5. The van der Waals surface area contributed by atoms with E-state index in [0.717, 1.165) is 28.7 Å². The number of hydrogen-bond donors (Lipinski definition) is 1. The van der Waals surface area contributed by atoms with Crippen molar-refractivity contribution in [3.05, 3.63) is 64.3 Å². The molecule has 0 radical (unpaired) electrons. The number of halogens is 1. The molecule has 31 heavy (non-hydrogen) atoms. The predicted molar refractivity (Wildman–Crippen MR) is 121 cm³/mol. The topological polar surface area (TPSA) is 81.9 Å². The van der Waals surface area contributed by atoms with Crippen LogP contribution in [-0.4, -0.2) is 35.9 Å². The molecule has 0 atom stereocenters. The average Bonchev–Trinajstić information content (AvgIpc) is 3.04. The molecule has 0 aliphatic heterocycles. The molecule has 0 aliphatic carbocycles. The second kappa shape index (κ2) is 10.1. The largest absolute Gasteiger partial charge is 0.484 e. The van der Waals surface area contributed by atoms with Gasteiger partial charge in [0.05, 0.1) is 18.4 Å². The quantitative estimate of drug-likeness (QED) is 0.320. The molecule has 1 aromatic heterocycles. The second-order valence-electron chi connectivity index (χ2n) is 6.74. The number of hydrazone groups is 1. The first-order valence-electron chi connectivity index (χ1n) is 9.94. The lowest BCUT2D eigenvalue weighted by molar-refractivity contribution is -0.123. The minimum absolute atomic E-state index is 0.217. The van der Waals surface area contributed by atoms with Crippen LogP contribution in [0, 0.1) is 6.92 Å². The maximum absolute atomic E-state index is 12.5. The molecule has 8 heteroatoms. The molecule has 0 saturated heterocycles. The molecule has 1 heterocycles. The minimum atomic E-state index is -0.404. The molecular weight excluding hydrogens is 418 g/mol. The highest BCUT2D eigenvalue weighted by molar-refractivity contribution is 6.30. The highest BCUT2D eigenvalue weighted by Crippen LogP contribution is 2.30. The maximum atomic E-state index is 12.5. The molecule has 2 aromatic carbocycles. The van der Waals surface area contributed by atoms with Gasteiger partial charge in [-0.3, -0.25) is 4.79 Å². The van der Waals surface area contributed by atoms with Gasteiger partial charge in [0.2, 0.25) is 0 Å². The number of ether oxygens (including phenoxy) is 2. The lowest BCUT2D eigenvalue weighted by atomic mass is 10.1. The van der Waals surface area contributed by atoms with E-state index in [4.69, 9.17) is 21.1 Å². The van der Waals surface area contributed by atoms with Crippen molar-refractivity contribution in [2.45, 2.75) is 27.3 Å². The van der Waals surface area contributed by atoms with Gasteiger partial charge in [-0.15, -0.1) is 0 Å². The van der Waals surface area contributed by atoms with Gasteiger partial charge in [0.1, 0.15) is 5.75 Å². The zero-order valence-electron chi connectivity index (χ0n) is 17.6. The molecule has 0 spiro atoms. The van der Waals surface area contributed by atoms with Crippen molar-refractivity contribution in [3.63, 3.8) is 0 Å². The fourth-order valence-corrected chi connectivity index (χ4v) is 3.45. The van der Waals surface area contributed by atoms with Gasteiger partial charge in [0.15, 0.2) is 6.61 Å². The second-order valence-corrected chi connectivity index (χ2v) is 7.17. The molecule has 0 fully saturated rings. The molecule has 3 rings (SSSR count). The van der Waals surface area contributed by atoms with Crippen LogP contribution in [0.2, 0.25) is 5.02 Å². The Morgan fingerprint density at radius 1 is 1.16 bits per heavy atom. The number of amides is 1. The highest BCUT2D eigenvalue weighted by Gasteiger charge is 2.21. The first kappa shape index (κ1) is 22.4. The van der Waals surface area contributed by atoms with Crippen LogP contribution in [0.1, 0.15) is 35.5 Å². The summed E-state index contributed by atoms with van der Waals surface area (Å²) in [6, 6.07) is 12.5. The van der Waals surface area contributed by atoms with Crippen molar-refractivity contribution in [2.24, 2.45) is 5.10 Å². The molecule has 1 N–H and O–H groups in total. The van der Waals surface area contributed by atoms with Crippen molar-refractivity contribution in [1.29, 1.82) is 0 Å². The summed E-state index contributed by atoms with van der Waals surface area (Å²) in [5, 5.41) is 5.26. The van der Waals surface area contributed by atoms with E-state index >= 15 is 0 Å². The first-order chi connectivity index (χ1) is 14.9. The van der Waals surface area contributed by atoms with Gasteiger partial charge in [-0.2, -0.15) is 5.10 Å². The van der Waals surface area contributed by atoms with Gasteiger partial charge in [-0.25, -0.2) is 10.2 Å². The SMILES string of the molecule is CCOC(=O)c1c(C)n(CC)c2ccc(OCC(=O)NN=Cc3ccc(Cl)cc3)cc12. The third-order valence-corrected chi connectivity index (χ3v) is 4.99. The summed E-state index contributed by atoms with van der Waals surface area (Å²) in [5.41, 5.74) is 5.48. The number of rotatable bonds is 8. The van der Waals surface area contributed by atoms with Crippen molar-refractivity contribution in [2.75, 3.05) is 13.2 Å². The van der Waals surface area contributed by atoms with E-state index in [1.165, 1.54) is 6.21 Å². The van der Waals surface area contributed by atoms with Crippen LogP contribution < -0.4 is 10.2 Å². The number of aryl methyl sites for hydroxylation is 1. The van der Waals surface area contributed by atoms with Crippen LogP contribution in [0.15, 0.2) is 47.6 Å². The number of aromatic nitrogens is 1. The Bertz CT molecular complexity index is 1120. The number of carbonyl (C=O) groups is 2. The van der Waals surface area contributed by atoms with E-state index in [2.05, 4.69) is 10.5 Å². The Balaban J connectivity index is 1.70. The van der Waals surface area contributed by atoms with Crippen molar-refractivity contribution < 1.29 is 19.1 Å². The van der Waals surface area contributed by atoms with Gasteiger partial charge in [0, 0.05) is 28.2 Å². The third-order valence-electron chi connectivity index (χ3n) is 4.73. The molecule has 1 amide bonds. The molecule has 7 nitrogen and oxygen atoms in total. The van der Waals surface area contributed by atoms with Gasteiger partial charge >= 0.3 is 5.97 Å². The fourth-order valence-electron chi connectivity index (χ4n) is 3.33. The number of benzene rings is 2. The summed E-state index contributed by atoms with van der Waals surface area (Å²) in [6.07, 6.45) is 1.52. The lowest BCUT2D eigenvalue weighted by Gasteiger charge is -2.07. The van der Waals surface area contributed by atoms with Crippen LogP contribution in [0.5, 0.6) is 5.75 Å². The normalized spacial score (nSPS) is 11.1.